The summed E-state index contributed by atoms with van der Waals surface area (Å²) in [6.07, 6.45) is 2.64. The van der Waals surface area contributed by atoms with Gasteiger partial charge in [-0.25, -0.2) is 4.98 Å². The number of rotatable bonds is 11. The van der Waals surface area contributed by atoms with Crippen molar-refractivity contribution in [2.75, 3.05) is 45.0 Å². The second kappa shape index (κ2) is 12.5. The van der Waals surface area contributed by atoms with Crippen molar-refractivity contribution in [3.8, 4) is 17.2 Å². The van der Waals surface area contributed by atoms with E-state index in [9.17, 15) is 14.4 Å². The molecule has 0 spiro atoms. The van der Waals surface area contributed by atoms with Gasteiger partial charge in [0.15, 0.2) is 5.65 Å². The van der Waals surface area contributed by atoms with Crippen molar-refractivity contribution in [1.82, 2.24) is 24.0 Å². The first-order valence-electron chi connectivity index (χ1n) is 12.9. The summed E-state index contributed by atoms with van der Waals surface area (Å²) in [6, 6.07) is 11.6. The first-order valence-corrected chi connectivity index (χ1v) is 12.9. The Balaban J connectivity index is 1.81. The molecule has 41 heavy (non-hydrogen) atoms. The minimum atomic E-state index is -0.792. The molecule has 4 aromatic rings. The van der Waals surface area contributed by atoms with Crippen molar-refractivity contribution >= 4 is 34.4 Å². The van der Waals surface area contributed by atoms with Gasteiger partial charge in [-0.2, -0.15) is 4.98 Å². The standard InChI is InChI=1S/C29H33N7O5/c1-7-25(37)31-19-9-8-10-20(15-19)36-26-23(35(18(2)3)27(38)28(36)39)17-30-29(33-26)32-22-12-11-21(16-24(22)40-6)41-14-13-34(4)5/h7-12,15-18H,1,13-14H2,2-6H3,(H,31,37)(H,30,32,33). The molecule has 1 amide bonds. The third-order valence-corrected chi connectivity index (χ3v) is 6.13. The molecule has 2 aromatic heterocycles. The molecule has 4 rings (SSSR count). The summed E-state index contributed by atoms with van der Waals surface area (Å²) in [7, 11) is 5.48. The number of anilines is 3. The van der Waals surface area contributed by atoms with Gasteiger partial charge in [-0.05, 0) is 64.4 Å². The van der Waals surface area contributed by atoms with Crippen LogP contribution in [0.15, 0.2) is 70.9 Å². The number of ether oxygens (including phenoxy) is 2. The molecule has 12 nitrogen and oxygen atoms in total. The van der Waals surface area contributed by atoms with Gasteiger partial charge in [-0.1, -0.05) is 12.6 Å². The highest BCUT2D eigenvalue weighted by atomic mass is 16.5. The second-order valence-corrected chi connectivity index (χ2v) is 9.69. The van der Waals surface area contributed by atoms with Gasteiger partial charge in [0.2, 0.25) is 11.9 Å². The number of nitrogens with one attached hydrogen (secondary N) is 2. The average molecular weight is 560 g/mol. The Hall–Kier alpha value is -4.97. The third kappa shape index (κ3) is 6.44. The SMILES string of the molecule is C=CC(=O)Nc1cccc(-n2c(=O)c(=O)n(C(C)C)c3cnc(Nc4ccc(OCCN(C)C)cc4OC)nc32)c1. The van der Waals surface area contributed by atoms with E-state index in [0.29, 0.717) is 40.7 Å². The minimum absolute atomic E-state index is 0.176. The maximum Gasteiger partial charge on any atom is 0.322 e. The number of aromatic nitrogens is 4. The summed E-state index contributed by atoms with van der Waals surface area (Å²) in [4.78, 5) is 49.6. The fraction of sp³-hybridized carbons (Fsp3) is 0.276. The van der Waals surface area contributed by atoms with Gasteiger partial charge in [0.25, 0.3) is 0 Å². The van der Waals surface area contributed by atoms with Crippen molar-refractivity contribution in [2.24, 2.45) is 0 Å². The molecule has 0 bridgehead atoms. The Morgan fingerprint density at radius 3 is 2.61 bits per heavy atom. The predicted molar refractivity (Wildman–Crippen MR) is 159 cm³/mol. The monoisotopic (exact) mass is 559 g/mol. The van der Waals surface area contributed by atoms with Crippen LogP contribution in [0.1, 0.15) is 19.9 Å². The average Bonchev–Trinajstić information content (AvgIpc) is 2.94. The molecule has 2 N–H and O–H groups in total. The van der Waals surface area contributed by atoms with E-state index < -0.39 is 17.0 Å². The van der Waals surface area contributed by atoms with Crippen LogP contribution in [0.25, 0.3) is 16.9 Å². The van der Waals surface area contributed by atoms with Gasteiger partial charge in [0.1, 0.15) is 23.6 Å². The van der Waals surface area contributed by atoms with Crippen LogP contribution in [-0.2, 0) is 4.79 Å². The number of likely N-dealkylation sites (N-methyl/N-ethyl adjacent to an activating group) is 1. The number of fused-ring (bicyclic) bond motifs is 1. The summed E-state index contributed by atoms with van der Waals surface area (Å²) in [6.45, 7) is 8.34. The van der Waals surface area contributed by atoms with Crippen LogP contribution in [0.4, 0.5) is 17.3 Å². The number of nitrogens with zero attached hydrogens (tertiary/aromatic N) is 5. The highest BCUT2D eigenvalue weighted by Crippen LogP contribution is 2.31. The van der Waals surface area contributed by atoms with Crippen molar-refractivity contribution in [1.29, 1.82) is 0 Å². The van der Waals surface area contributed by atoms with Crippen molar-refractivity contribution in [2.45, 2.75) is 19.9 Å². The molecule has 0 radical (unpaired) electrons. The quantitative estimate of drug-likeness (QED) is 0.210. The zero-order valence-electron chi connectivity index (χ0n) is 23.7. The maximum absolute atomic E-state index is 13.4. The highest BCUT2D eigenvalue weighted by Gasteiger charge is 2.19. The van der Waals surface area contributed by atoms with E-state index in [1.165, 1.54) is 15.3 Å². The Morgan fingerprint density at radius 1 is 1.15 bits per heavy atom. The van der Waals surface area contributed by atoms with Crippen molar-refractivity contribution in [3.05, 3.63) is 82.0 Å². The molecule has 0 atom stereocenters. The van der Waals surface area contributed by atoms with E-state index >= 15 is 0 Å². The van der Waals surface area contributed by atoms with Crippen LogP contribution in [0.3, 0.4) is 0 Å². The molecule has 0 aliphatic carbocycles. The van der Waals surface area contributed by atoms with Crippen LogP contribution in [0, 0.1) is 0 Å². The Bertz CT molecular complexity index is 1710. The van der Waals surface area contributed by atoms with Crippen molar-refractivity contribution < 1.29 is 14.3 Å². The second-order valence-electron chi connectivity index (χ2n) is 9.69. The largest absolute Gasteiger partial charge is 0.494 e. The summed E-state index contributed by atoms with van der Waals surface area (Å²) in [5.74, 6) is 0.917. The normalized spacial score (nSPS) is 11.1. The number of amides is 1. The Morgan fingerprint density at radius 2 is 1.93 bits per heavy atom. The predicted octanol–water partition coefficient (Wildman–Crippen LogP) is 3.34. The number of hydrogen-bond donors (Lipinski definition) is 2. The van der Waals surface area contributed by atoms with Gasteiger partial charge >= 0.3 is 11.1 Å². The number of carbonyl (C=O) groups excluding carboxylic acids is 1. The maximum atomic E-state index is 13.4. The van der Waals surface area contributed by atoms with Gasteiger partial charge in [0.05, 0.1) is 24.7 Å². The lowest BCUT2D eigenvalue weighted by molar-refractivity contribution is -0.111. The smallest absolute Gasteiger partial charge is 0.322 e. The lowest BCUT2D eigenvalue weighted by Crippen LogP contribution is -2.42. The summed E-state index contributed by atoms with van der Waals surface area (Å²) < 4.78 is 13.9. The van der Waals surface area contributed by atoms with Gasteiger partial charge < -0.3 is 25.0 Å². The highest BCUT2D eigenvalue weighted by molar-refractivity contribution is 5.99. The third-order valence-electron chi connectivity index (χ3n) is 6.13. The van der Waals surface area contributed by atoms with E-state index in [0.717, 1.165) is 12.6 Å². The Kier molecular flexibility index (Phi) is 8.83. The van der Waals surface area contributed by atoms with E-state index in [-0.39, 0.29) is 17.6 Å². The van der Waals surface area contributed by atoms with Crippen LogP contribution in [-0.4, -0.2) is 64.3 Å². The van der Waals surface area contributed by atoms with Crippen molar-refractivity contribution in [3.63, 3.8) is 0 Å². The molecule has 0 aliphatic heterocycles. The fourth-order valence-corrected chi connectivity index (χ4v) is 4.16. The summed E-state index contributed by atoms with van der Waals surface area (Å²) >= 11 is 0. The fourth-order valence-electron chi connectivity index (χ4n) is 4.16. The molecule has 12 heteroatoms. The number of benzene rings is 2. The summed E-state index contributed by atoms with van der Waals surface area (Å²) in [5, 5.41) is 5.81. The molecule has 0 fully saturated rings. The molecule has 2 aromatic carbocycles. The topological polar surface area (TPSA) is 133 Å². The van der Waals surface area contributed by atoms with Gasteiger partial charge in [-0.15, -0.1) is 0 Å². The minimum Gasteiger partial charge on any atom is -0.494 e. The number of carbonyl (C=O) groups is 1. The van der Waals surface area contributed by atoms with Crippen LogP contribution in [0.2, 0.25) is 0 Å². The molecular formula is C29H33N7O5. The van der Waals surface area contributed by atoms with Crippen LogP contribution in [0.5, 0.6) is 11.5 Å². The molecular weight excluding hydrogens is 526 g/mol. The lowest BCUT2D eigenvalue weighted by Gasteiger charge is -2.18. The first-order chi connectivity index (χ1) is 19.6. The zero-order valence-corrected chi connectivity index (χ0v) is 23.7. The zero-order chi connectivity index (χ0) is 29.7. The van der Waals surface area contributed by atoms with E-state index in [1.54, 1.807) is 63.4 Å². The molecule has 2 heterocycles. The molecule has 0 saturated heterocycles. The van der Waals surface area contributed by atoms with Crippen LogP contribution < -0.4 is 31.2 Å². The molecule has 0 aliphatic rings. The molecule has 0 unspecified atom stereocenters. The number of hydrogen-bond acceptors (Lipinski definition) is 9. The van der Waals surface area contributed by atoms with Gasteiger partial charge in [-0.3, -0.25) is 23.5 Å². The van der Waals surface area contributed by atoms with E-state index in [2.05, 4.69) is 27.2 Å². The number of methoxy groups -OCH3 is 1. The summed E-state index contributed by atoms with van der Waals surface area (Å²) in [5.41, 5.74) is 0.403. The Labute approximate surface area is 236 Å². The lowest BCUT2D eigenvalue weighted by atomic mass is 10.2. The van der Waals surface area contributed by atoms with E-state index in [4.69, 9.17) is 9.47 Å². The van der Waals surface area contributed by atoms with Crippen LogP contribution >= 0.6 is 0 Å². The molecule has 0 saturated carbocycles. The molecule has 214 valence electrons. The van der Waals surface area contributed by atoms with E-state index in [1.807, 2.05) is 19.0 Å². The first kappa shape index (κ1) is 29.0. The van der Waals surface area contributed by atoms with Gasteiger partial charge in [0, 0.05) is 24.3 Å².